The van der Waals surface area contributed by atoms with Crippen molar-refractivity contribution in [3.63, 3.8) is 0 Å². The molecule has 0 saturated heterocycles. The maximum absolute atomic E-state index is 4.40. The standard InChI is InChI=1S/C11H18BrN3/c1-8(2)5-6-15(4)11-7-10(12)13-9(3)14-11/h7-8H,5-6H2,1-4H3. The topological polar surface area (TPSA) is 29.0 Å². The molecule has 0 amide bonds. The SMILES string of the molecule is Cc1nc(Br)cc(N(C)CCC(C)C)n1. The summed E-state index contributed by atoms with van der Waals surface area (Å²) in [6, 6.07) is 1.95. The van der Waals surface area contributed by atoms with Crippen LogP contribution in [0.2, 0.25) is 0 Å². The van der Waals surface area contributed by atoms with E-state index >= 15 is 0 Å². The predicted octanol–water partition coefficient (Wildman–Crippen LogP) is 3.03. The average Bonchev–Trinajstić information content (AvgIpc) is 2.12. The molecule has 0 bridgehead atoms. The van der Waals surface area contributed by atoms with Crippen LogP contribution < -0.4 is 4.90 Å². The van der Waals surface area contributed by atoms with Crippen molar-refractivity contribution in [2.75, 3.05) is 18.5 Å². The van der Waals surface area contributed by atoms with Crippen LogP contribution in [-0.2, 0) is 0 Å². The van der Waals surface area contributed by atoms with Gasteiger partial charge < -0.3 is 4.90 Å². The first kappa shape index (κ1) is 12.4. The summed E-state index contributed by atoms with van der Waals surface area (Å²) in [6.45, 7) is 7.40. The van der Waals surface area contributed by atoms with Gasteiger partial charge in [-0.2, -0.15) is 0 Å². The van der Waals surface area contributed by atoms with Crippen LogP contribution in [0, 0.1) is 12.8 Å². The second-order valence-electron chi connectivity index (χ2n) is 4.20. The van der Waals surface area contributed by atoms with E-state index in [1.165, 1.54) is 6.42 Å². The molecular formula is C11H18BrN3. The molecule has 0 fully saturated rings. The van der Waals surface area contributed by atoms with Gasteiger partial charge in [0.25, 0.3) is 0 Å². The smallest absolute Gasteiger partial charge is 0.133 e. The summed E-state index contributed by atoms with van der Waals surface area (Å²) in [6.07, 6.45) is 1.18. The van der Waals surface area contributed by atoms with E-state index in [0.29, 0.717) is 0 Å². The third kappa shape index (κ3) is 4.16. The Bertz CT molecular complexity index is 305. The highest BCUT2D eigenvalue weighted by molar-refractivity contribution is 9.10. The number of rotatable bonds is 4. The van der Waals surface area contributed by atoms with Crippen LogP contribution in [0.25, 0.3) is 0 Å². The first-order valence-electron chi connectivity index (χ1n) is 5.21. The highest BCUT2D eigenvalue weighted by Crippen LogP contribution is 2.16. The highest BCUT2D eigenvalue weighted by atomic mass is 79.9. The van der Waals surface area contributed by atoms with Gasteiger partial charge in [-0.25, -0.2) is 9.97 Å². The lowest BCUT2D eigenvalue weighted by molar-refractivity contribution is 0.583. The summed E-state index contributed by atoms with van der Waals surface area (Å²) in [5.41, 5.74) is 0. The molecule has 0 aliphatic heterocycles. The minimum absolute atomic E-state index is 0.721. The Kier molecular flexibility index (Phi) is 4.51. The molecule has 0 unspecified atom stereocenters. The molecule has 0 radical (unpaired) electrons. The Balaban J connectivity index is 2.68. The average molecular weight is 272 g/mol. The summed E-state index contributed by atoms with van der Waals surface area (Å²) in [5, 5.41) is 0. The normalized spacial score (nSPS) is 10.8. The van der Waals surface area contributed by atoms with E-state index in [0.717, 1.165) is 28.7 Å². The summed E-state index contributed by atoms with van der Waals surface area (Å²) < 4.78 is 0.849. The van der Waals surface area contributed by atoms with E-state index in [1.54, 1.807) is 0 Å². The summed E-state index contributed by atoms with van der Waals surface area (Å²) in [7, 11) is 2.07. The zero-order valence-electron chi connectivity index (χ0n) is 9.79. The molecule has 1 aromatic heterocycles. The predicted molar refractivity (Wildman–Crippen MR) is 67.2 cm³/mol. The van der Waals surface area contributed by atoms with E-state index in [2.05, 4.69) is 51.7 Å². The molecule has 0 N–H and O–H groups in total. The molecule has 1 aromatic rings. The Hall–Kier alpha value is -0.640. The second kappa shape index (κ2) is 5.45. The minimum Gasteiger partial charge on any atom is -0.360 e. The van der Waals surface area contributed by atoms with Gasteiger partial charge in [0.1, 0.15) is 16.2 Å². The number of aryl methyl sites for hydroxylation is 1. The van der Waals surface area contributed by atoms with Gasteiger partial charge in [0.05, 0.1) is 0 Å². The lowest BCUT2D eigenvalue weighted by Crippen LogP contribution is -2.21. The fourth-order valence-electron chi connectivity index (χ4n) is 1.28. The summed E-state index contributed by atoms with van der Waals surface area (Å²) in [4.78, 5) is 10.8. The number of anilines is 1. The Morgan fingerprint density at radius 2 is 2.07 bits per heavy atom. The van der Waals surface area contributed by atoms with Crippen molar-refractivity contribution in [2.45, 2.75) is 27.2 Å². The van der Waals surface area contributed by atoms with Gasteiger partial charge in [-0.3, -0.25) is 0 Å². The van der Waals surface area contributed by atoms with Crippen LogP contribution in [0.4, 0.5) is 5.82 Å². The van der Waals surface area contributed by atoms with E-state index in [4.69, 9.17) is 0 Å². The van der Waals surface area contributed by atoms with Crippen molar-refractivity contribution in [1.29, 1.82) is 0 Å². The van der Waals surface area contributed by atoms with Gasteiger partial charge in [-0.05, 0) is 35.2 Å². The van der Waals surface area contributed by atoms with Crippen LogP contribution in [0.3, 0.4) is 0 Å². The first-order valence-corrected chi connectivity index (χ1v) is 6.00. The van der Waals surface area contributed by atoms with Crippen molar-refractivity contribution >= 4 is 21.7 Å². The third-order valence-electron chi connectivity index (χ3n) is 2.23. The van der Waals surface area contributed by atoms with E-state index in [9.17, 15) is 0 Å². The van der Waals surface area contributed by atoms with Crippen molar-refractivity contribution in [3.8, 4) is 0 Å². The molecule has 0 saturated carbocycles. The van der Waals surface area contributed by atoms with Crippen molar-refractivity contribution < 1.29 is 0 Å². The number of hydrogen-bond donors (Lipinski definition) is 0. The Labute approximate surface area is 100 Å². The zero-order valence-corrected chi connectivity index (χ0v) is 11.4. The maximum atomic E-state index is 4.40. The summed E-state index contributed by atoms with van der Waals surface area (Å²) >= 11 is 3.38. The quantitative estimate of drug-likeness (QED) is 0.789. The fraction of sp³-hybridized carbons (Fsp3) is 0.636. The van der Waals surface area contributed by atoms with Gasteiger partial charge in [0.2, 0.25) is 0 Å². The van der Waals surface area contributed by atoms with Crippen LogP contribution in [0.15, 0.2) is 10.7 Å². The molecular weight excluding hydrogens is 254 g/mol. The molecule has 0 spiro atoms. The molecule has 0 atom stereocenters. The van der Waals surface area contributed by atoms with E-state index in [-0.39, 0.29) is 0 Å². The maximum Gasteiger partial charge on any atom is 0.133 e. The first-order chi connectivity index (χ1) is 6.99. The molecule has 0 aliphatic rings. The van der Waals surface area contributed by atoms with Crippen molar-refractivity contribution in [3.05, 3.63) is 16.5 Å². The van der Waals surface area contributed by atoms with Gasteiger partial charge in [-0.1, -0.05) is 13.8 Å². The number of hydrogen-bond acceptors (Lipinski definition) is 3. The molecule has 0 aliphatic carbocycles. The minimum atomic E-state index is 0.721. The monoisotopic (exact) mass is 271 g/mol. The lowest BCUT2D eigenvalue weighted by atomic mass is 10.1. The molecule has 1 heterocycles. The molecule has 4 heteroatoms. The lowest BCUT2D eigenvalue weighted by Gasteiger charge is -2.19. The molecule has 1 rings (SSSR count). The zero-order chi connectivity index (χ0) is 11.4. The van der Waals surface area contributed by atoms with E-state index in [1.807, 2.05) is 13.0 Å². The van der Waals surface area contributed by atoms with Crippen LogP contribution in [0.5, 0.6) is 0 Å². The van der Waals surface area contributed by atoms with Crippen LogP contribution >= 0.6 is 15.9 Å². The number of aromatic nitrogens is 2. The third-order valence-corrected chi connectivity index (χ3v) is 2.63. The highest BCUT2D eigenvalue weighted by Gasteiger charge is 2.05. The van der Waals surface area contributed by atoms with Gasteiger partial charge in [0.15, 0.2) is 0 Å². The van der Waals surface area contributed by atoms with Crippen molar-refractivity contribution in [1.82, 2.24) is 9.97 Å². The van der Waals surface area contributed by atoms with Gasteiger partial charge in [0, 0.05) is 19.7 Å². The fourth-order valence-corrected chi connectivity index (χ4v) is 1.74. The second-order valence-corrected chi connectivity index (χ2v) is 5.01. The largest absolute Gasteiger partial charge is 0.360 e. The molecule has 0 aromatic carbocycles. The summed E-state index contributed by atoms with van der Waals surface area (Å²) in [5.74, 6) is 2.50. The van der Waals surface area contributed by atoms with Crippen LogP contribution in [0.1, 0.15) is 26.1 Å². The molecule has 84 valence electrons. The number of nitrogens with zero attached hydrogens (tertiary/aromatic N) is 3. The van der Waals surface area contributed by atoms with Gasteiger partial charge in [-0.15, -0.1) is 0 Å². The Morgan fingerprint density at radius 1 is 1.40 bits per heavy atom. The van der Waals surface area contributed by atoms with Crippen molar-refractivity contribution in [2.24, 2.45) is 5.92 Å². The van der Waals surface area contributed by atoms with E-state index < -0.39 is 0 Å². The Morgan fingerprint density at radius 3 is 2.60 bits per heavy atom. The van der Waals surface area contributed by atoms with Crippen LogP contribution in [-0.4, -0.2) is 23.6 Å². The number of halogens is 1. The van der Waals surface area contributed by atoms with Gasteiger partial charge >= 0.3 is 0 Å². The molecule has 3 nitrogen and oxygen atoms in total. The molecule has 15 heavy (non-hydrogen) atoms.